The molecule has 11 heteroatoms. The summed E-state index contributed by atoms with van der Waals surface area (Å²) in [5.74, 6) is -0.552. The van der Waals surface area contributed by atoms with Crippen LogP contribution >= 0.6 is 11.6 Å². The highest BCUT2D eigenvalue weighted by Crippen LogP contribution is 2.28. The quantitative estimate of drug-likeness (QED) is 0.499. The molecule has 0 amide bonds. The summed E-state index contributed by atoms with van der Waals surface area (Å²) in [5.41, 5.74) is 1.66. The second-order valence-corrected chi connectivity index (χ2v) is 7.91. The molecule has 3 heterocycles. The first kappa shape index (κ1) is 18.8. The molecule has 3 aromatic heterocycles. The number of nitrogens with one attached hydrogen (secondary N) is 1. The molecule has 0 spiro atoms. The van der Waals surface area contributed by atoms with Crippen molar-refractivity contribution in [3.05, 3.63) is 71.5 Å². The zero-order valence-corrected chi connectivity index (χ0v) is 16.0. The second-order valence-electron chi connectivity index (χ2n) is 5.87. The molecule has 0 bridgehead atoms. The number of halogens is 2. The molecule has 0 atom stereocenters. The second kappa shape index (κ2) is 7.12. The van der Waals surface area contributed by atoms with E-state index in [4.69, 9.17) is 16.9 Å². The number of aromatic nitrogens is 4. The van der Waals surface area contributed by atoms with Gasteiger partial charge in [-0.25, -0.2) is 27.3 Å². The lowest BCUT2D eigenvalue weighted by Gasteiger charge is -2.11. The number of anilines is 1. The number of sulfonamides is 1. The Morgan fingerprint density at radius 2 is 1.86 bits per heavy atom. The Bertz CT molecular complexity index is 1380. The summed E-state index contributed by atoms with van der Waals surface area (Å²) in [5, 5.41) is 13.4. The van der Waals surface area contributed by atoms with Crippen LogP contribution in [0.15, 0.2) is 59.8 Å². The van der Waals surface area contributed by atoms with Gasteiger partial charge in [0.2, 0.25) is 0 Å². The fraction of sp³-hybridized carbons (Fsp3) is 0. The van der Waals surface area contributed by atoms with Crippen LogP contribution in [0, 0.1) is 17.1 Å². The first-order chi connectivity index (χ1) is 13.9. The van der Waals surface area contributed by atoms with Gasteiger partial charge in [-0.15, -0.1) is 0 Å². The van der Waals surface area contributed by atoms with E-state index < -0.39 is 15.8 Å². The maximum atomic E-state index is 13.1. The average Bonchev–Trinajstić information content (AvgIpc) is 3.12. The van der Waals surface area contributed by atoms with Crippen LogP contribution in [-0.4, -0.2) is 28.0 Å². The van der Waals surface area contributed by atoms with E-state index in [9.17, 15) is 12.8 Å². The first-order valence-corrected chi connectivity index (χ1v) is 9.93. The molecule has 1 N–H and O–H groups in total. The lowest BCUT2D eigenvalue weighted by molar-refractivity contribution is 0.599. The molecule has 0 unspecified atom stereocenters. The topological polar surface area (TPSA) is 113 Å². The van der Waals surface area contributed by atoms with E-state index in [0.717, 1.165) is 24.3 Å². The summed E-state index contributed by atoms with van der Waals surface area (Å²) < 4.78 is 41.9. The van der Waals surface area contributed by atoms with Gasteiger partial charge < -0.3 is 0 Å². The lowest BCUT2D eigenvalue weighted by Crippen LogP contribution is -2.13. The first-order valence-electron chi connectivity index (χ1n) is 8.06. The van der Waals surface area contributed by atoms with Crippen molar-refractivity contribution >= 4 is 33.0 Å². The number of hydrogen-bond donors (Lipinski definition) is 1. The largest absolute Gasteiger partial charge is 0.276 e. The third kappa shape index (κ3) is 3.61. The van der Waals surface area contributed by atoms with Gasteiger partial charge in [0.25, 0.3) is 10.0 Å². The van der Waals surface area contributed by atoms with Crippen molar-refractivity contribution in [1.29, 1.82) is 5.26 Å². The Balaban J connectivity index is 1.73. The van der Waals surface area contributed by atoms with Crippen molar-refractivity contribution in [3.8, 4) is 17.3 Å². The third-order valence-corrected chi connectivity index (χ3v) is 5.66. The molecule has 0 saturated carbocycles. The average molecular weight is 429 g/mol. The predicted molar refractivity (Wildman–Crippen MR) is 103 cm³/mol. The summed E-state index contributed by atoms with van der Waals surface area (Å²) in [4.78, 5) is 7.95. The Morgan fingerprint density at radius 1 is 1.10 bits per heavy atom. The van der Waals surface area contributed by atoms with Gasteiger partial charge in [0, 0.05) is 11.8 Å². The highest BCUT2D eigenvalue weighted by Gasteiger charge is 2.17. The Labute approximate surface area is 169 Å². The van der Waals surface area contributed by atoms with Crippen molar-refractivity contribution in [1.82, 2.24) is 19.6 Å². The van der Waals surface area contributed by atoms with E-state index in [1.54, 1.807) is 12.1 Å². The van der Waals surface area contributed by atoms with E-state index in [-0.39, 0.29) is 21.4 Å². The van der Waals surface area contributed by atoms with Gasteiger partial charge in [-0.2, -0.15) is 10.4 Å². The molecule has 144 valence electrons. The zero-order valence-electron chi connectivity index (χ0n) is 14.4. The fourth-order valence-corrected chi connectivity index (χ4v) is 3.84. The minimum absolute atomic E-state index is 0.0292. The van der Waals surface area contributed by atoms with Crippen molar-refractivity contribution in [3.63, 3.8) is 0 Å². The smallest absolute Gasteiger partial charge is 0.261 e. The summed E-state index contributed by atoms with van der Waals surface area (Å²) in [6.07, 6.45) is 2.82. The molecule has 0 fully saturated rings. The number of rotatable bonds is 4. The standard InChI is InChI=1S/C18H10ClFN6O2S/c19-18-16(25-29(27,28)14-3-1-12(20)2-4-14)7-11(9-23-18)15-5-6-17-22-10-13(8-21)26(17)24-15/h1-7,9-10,25H. The highest BCUT2D eigenvalue weighted by atomic mass is 35.5. The minimum Gasteiger partial charge on any atom is -0.276 e. The van der Waals surface area contributed by atoms with Crippen LogP contribution in [0.5, 0.6) is 0 Å². The molecule has 4 aromatic rings. The van der Waals surface area contributed by atoms with E-state index >= 15 is 0 Å². The predicted octanol–water partition coefficient (Wildman–Crippen LogP) is 3.26. The number of hydrogen-bond acceptors (Lipinski definition) is 6. The number of pyridine rings is 1. The molecule has 1 aromatic carbocycles. The summed E-state index contributed by atoms with van der Waals surface area (Å²) >= 11 is 6.05. The van der Waals surface area contributed by atoms with Crippen LogP contribution < -0.4 is 4.72 Å². The van der Waals surface area contributed by atoms with E-state index in [1.807, 2.05) is 6.07 Å². The van der Waals surface area contributed by atoms with Crippen LogP contribution in [0.2, 0.25) is 5.15 Å². The Hall–Kier alpha value is -3.55. The van der Waals surface area contributed by atoms with Crippen LogP contribution in [0.1, 0.15) is 5.69 Å². The van der Waals surface area contributed by atoms with Crippen molar-refractivity contribution in [2.45, 2.75) is 4.90 Å². The summed E-state index contributed by atoms with van der Waals surface area (Å²) in [7, 11) is -4.01. The van der Waals surface area contributed by atoms with E-state index in [0.29, 0.717) is 16.9 Å². The van der Waals surface area contributed by atoms with Crippen LogP contribution in [-0.2, 0) is 10.0 Å². The maximum Gasteiger partial charge on any atom is 0.261 e. The van der Waals surface area contributed by atoms with Gasteiger partial charge in [-0.1, -0.05) is 11.6 Å². The molecule has 4 rings (SSSR count). The van der Waals surface area contributed by atoms with E-state index in [1.165, 1.54) is 23.0 Å². The molecule has 0 radical (unpaired) electrons. The number of benzene rings is 1. The van der Waals surface area contributed by atoms with Crippen molar-refractivity contribution < 1.29 is 12.8 Å². The van der Waals surface area contributed by atoms with Gasteiger partial charge in [0.05, 0.1) is 22.5 Å². The molecule has 8 nitrogen and oxygen atoms in total. The number of fused-ring (bicyclic) bond motifs is 1. The van der Waals surface area contributed by atoms with E-state index in [2.05, 4.69) is 19.8 Å². The van der Waals surface area contributed by atoms with Gasteiger partial charge in [0.15, 0.2) is 16.5 Å². The van der Waals surface area contributed by atoms with Crippen molar-refractivity contribution in [2.75, 3.05) is 4.72 Å². The van der Waals surface area contributed by atoms with Crippen LogP contribution in [0.3, 0.4) is 0 Å². The van der Waals surface area contributed by atoms with Gasteiger partial charge in [-0.05, 0) is 42.5 Å². The van der Waals surface area contributed by atoms with Crippen LogP contribution in [0.25, 0.3) is 16.9 Å². The van der Waals surface area contributed by atoms with Gasteiger partial charge in [-0.3, -0.25) is 4.72 Å². The molecular formula is C18H10ClFN6O2S. The number of nitrogens with zero attached hydrogens (tertiary/aromatic N) is 5. The number of imidazole rings is 1. The Morgan fingerprint density at radius 3 is 2.59 bits per heavy atom. The SMILES string of the molecule is N#Cc1cnc2ccc(-c3cnc(Cl)c(NS(=O)(=O)c4ccc(F)cc4)c3)nn12. The maximum absolute atomic E-state index is 13.1. The summed E-state index contributed by atoms with van der Waals surface area (Å²) in [6, 6.07) is 11.1. The van der Waals surface area contributed by atoms with Gasteiger partial charge in [0.1, 0.15) is 11.9 Å². The summed E-state index contributed by atoms with van der Waals surface area (Å²) in [6.45, 7) is 0. The normalized spacial score (nSPS) is 11.3. The van der Waals surface area contributed by atoms with Crippen molar-refractivity contribution in [2.24, 2.45) is 0 Å². The molecule has 0 aliphatic carbocycles. The molecule has 0 aliphatic rings. The molecular weight excluding hydrogens is 419 g/mol. The van der Waals surface area contributed by atoms with Gasteiger partial charge >= 0.3 is 0 Å². The molecule has 0 saturated heterocycles. The number of nitriles is 1. The molecule has 0 aliphatic heterocycles. The monoisotopic (exact) mass is 428 g/mol. The van der Waals surface area contributed by atoms with Crippen LogP contribution in [0.4, 0.5) is 10.1 Å². The third-order valence-electron chi connectivity index (χ3n) is 3.98. The minimum atomic E-state index is -4.01. The highest BCUT2D eigenvalue weighted by molar-refractivity contribution is 7.92. The fourth-order valence-electron chi connectivity index (χ4n) is 2.58. The Kier molecular flexibility index (Phi) is 4.62. The molecule has 29 heavy (non-hydrogen) atoms. The lowest BCUT2D eigenvalue weighted by atomic mass is 10.2. The zero-order chi connectivity index (χ0) is 20.6.